The molecule has 86 valence electrons. The first-order valence-corrected chi connectivity index (χ1v) is 4.31. The molecule has 3 N–H and O–H groups in total. The monoisotopic (exact) mass is 231 g/mol. The van der Waals surface area contributed by atoms with Crippen molar-refractivity contribution in [2.75, 3.05) is 0 Å². The molecule has 0 spiro atoms. The Morgan fingerprint density at radius 2 is 2.19 bits per heavy atom. The molecule has 0 bridgehead atoms. The molecule has 0 saturated carbocycles. The van der Waals surface area contributed by atoms with Gasteiger partial charge in [0.15, 0.2) is 0 Å². The molecule has 0 saturated heterocycles. The molecule has 16 heavy (non-hydrogen) atoms. The molecule has 0 aromatic carbocycles. The molecule has 1 unspecified atom stereocenters. The largest absolute Gasteiger partial charge is 0.419 e. The average molecular weight is 231 g/mol. The molecule has 8 heteroatoms. The maximum absolute atomic E-state index is 12.3. The molecule has 0 fully saturated rings. The van der Waals surface area contributed by atoms with Gasteiger partial charge < -0.3 is 5.32 Å². The number of nitrogens with zero attached hydrogens (tertiary/aromatic N) is 3. The Labute approximate surface area is 88.4 Å². The molecule has 1 atom stereocenters. The summed E-state index contributed by atoms with van der Waals surface area (Å²) in [5.41, 5.74) is 4.84. The SMILES string of the molecule is NC1(n2cc(C(F)(F)F)cn2)N=CC=CN1. The number of hydrogen-bond donors (Lipinski definition) is 2. The highest BCUT2D eigenvalue weighted by atomic mass is 19.4. The lowest BCUT2D eigenvalue weighted by molar-refractivity contribution is -0.137. The van der Waals surface area contributed by atoms with E-state index in [0.29, 0.717) is 6.20 Å². The first kappa shape index (κ1) is 10.7. The third kappa shape index (κ3) is 1.78. The van der Waals surface area contributed by atoms with Crippen LogP contribution in [0.15, 0.2) is 29.7 Å². The summed E-state index contributed by atoms with van der Waals surface area (Å²) >= 11 is 0. The number of allylic oxidation sites excluding steroid dienone is 1. The summed E-state index contributed by atoms with van der Waals surface area (Å²) in [5.74, 6) is -1.50. The number of nitrogens with one attached hydrogen (secondary N) is 1. The molecule has 1 aliphatic rings. The normalized spacial score (nSPS) is 24.5. The van der Waals surface area contributed by atoms with Gasteiger partial charge in [0.1, 0.15) is 0 Å². The highest BCUT2D eigenvalue weighted by molar-refractivity contribution is 5.72. The van der Waals surface area contributed by atoms with Gasteiger partial charge in [-0.25, -0.2) is 9.67 Å². The summed E-state index contributed by atoms with van der Waals surface area (Å²) in [4.78, 5) is 3.81. The van der Waals surface area contributed by atoms with E-state index in [1.54, 1.807) is 6.08 Å². The fourth-order valence-electron chi connectivity index (χ4n) is 1.19. The van der Waals surface area contributed by atoms with Gasteiger partial charge >= 0.3 is 6.18 Å². The Morgan fingerprint density at radius 3 is 2.69 bits per heavy atom. The van der Waals surface area contributed by atoms with Gasteiger partial charge in [-0.2, -0.15) is 18.3 Å². The van der Waals surface area contributed by atoms with E-state index in [4.69, 9.17) is 5.73 Å². The van der Waals surface area contributed by atoms with Crippen LogP contribution in [0, 0.1) is 0 Å². The first-order chi connectivity index (χ1) is 7.42. The Kier molecular flexibility index (Phi) is 2.23. The molecule has 0 radical (unpaired) electrons. The molecular formula is C8H8F3N5. The van der Waals surface area contributed by atoms with E-state index < -0.39 is 17.7 Å². The van der Waals surface area contributed by atoms with Crippen LogP contribution in [-0.2, 0) is 12.1 Å². The van der Waals surface area contributed by atoms with Crippen LogP contribution in [0.2, 0.25) is 0 Å². The zero-order valence-electron chi connectivity index (χ0n) is 7.94. The second-order valence-electron chi connectivity index (χ2n) is 3.18. The lowest BCUT2D eigenvalue weighted by Crippen LogP contribution is -2.53. The van der Waals surface area contributed by atoms with E-state index >= 15 is 0 Å². The Balaban J connectivity index is 2.32. The summed E-state index contributed by atoms with van der Waals surface area (Å²) in [6, 6.07) is 0. The van der Waals surface area contributed by atoms with Gasteiger partial charge in [-0.05, 0) is 6.08 Å². The van der Waals surface area contributed by atoms with E-state index in [1.807, 2.05) is 0 Å². The summed E-state index contributed by atoms with van der Waals surface area (Å²) in [6.45, 7) is 0. The van der Waals surface area contributed by atoms with Gasteiger partial charge in [-0.1, -0.05) is 0 Å². The standard InChI is InChI=1S/C8H8F3N5/c9-7(10,11)6-4-15-16(5-6)8(12)13-2-1-3-14-8/h1-5,13H,12H2. The lowest BCUT2D eigenvalue weighted by atomic mass is 10.3. The van der Waals surface area contributed by atoms with Crippen molar-refractivity contribution in [2.24, 2.45) is 10.7 Å². The predicted octanol–water partition coefficient (Wildman–Crippen LogP) is 0.616. The van der Waals surface area contributed by atoms with Gasteiger partial charge in [0.2, 0.25) is 0 Å². The van der Waals surface area contributed by atoms with Crippen LogP contribution >= 0.6 is 0 Å². The minimum atomic E-state index is -4.44. The van der Waals surface area contributed by atoms with Crippen LogP contribution in [-0.4, -0.2) is 16.0 Å². The summed E-state index contributed by atoms with van der Waals surface area (Å²) in [7, 11) is 0. The highest BCUT2D eigenvalue weighted by Gasteiger charge is 2.35. The second-order valence-corrected chi connectivity index (χ2v) is 3.18. The molecule has 0 amide bonds. The van der Waals surface area contributed by atoms with Crippen molar-refractivity contribution in [2.45, 2.75) is 12.1 Å². The average Bonchev–Trinajstić information content (AvgIpc) is 2.67. The third-order valence-electron chi connectivity index (χ3n) is 2.01. The molecular weight excluding hydrogens is 223 g/mol. The zero-order valence-corrected chi connectivity index (χ0v) is 7.94. The fourth-order valence-corrected chi connectivity index (χ4v) is 1.19. The van der Waals surface area contributed by atoms with E-state index in [-0.39, 0.29) is 0 Å². The summed E-state index contributed by atoms with van der Waals surface area (Å²) in [6.07, 6.45) is 1.48. The van der Waals surface area contributed by atoms with Crippen LogP contribution in [0.25, 0.3) is 0 Å². The number of hydrogen-bond acceptors (Lipinski definition) is 4. The maximum atomic E-state index is 12.3. The predicted molar refractivity (Wildman–Crippen MR) is 50.2 cm³/mol. The highest BCUT2D eigenvalue weighted by Crippen LogP contribution is 2.29. The Morgan fingerprint density at radius 1 is 1.44 bits per heavy atom. The number of nitrogens with two attached hydrogens (primary N) is 1. The van der Waals surface area contributed by atoms with Crippen molar-refractivity contribution in [3.63, 3.8) is 0 Å². The van der Waals surface area contributed by atoms with Gasteiger partial charge in [0.05, 0.1) is 11.8 Å². The van der Waals surface area contributed by atoms with Crippen molar-refractivity contribution in [1.82, 2.24) is 15.1 Å². The Bertz CT molecular complexity index is 447. The van der Waals surface area contributed by atoms with Gasteiger partial charge in [0.25, 0.3) is 5.91 Å². The fraction of sp³-hybridized carbons (Fsp3) is 0.250. The van der Waals surface area contributed by atoms with E-state index in [0.717, 1.165) is 10.9 Å². The van der Waals surface area contributed by atoms with E-state index in [9.17, 15) is 13.2 Å². The smallest absolute Gasteiger partial charge is 0.336 e. The minimum absolute atomic E-state index is 0.699. The molecule has 5 nitrogen and oxygen atoms in total. The Hall–Kier alpha value is -1.83. The number of rotatable bonds is 1. The number of aliphatic imine (C=N–C) groups is 1. The second kappa shape index (κ2) is 3.34. The van der Waals surface area contributed by atoms with Crippen LogP contribution < -0.4 is 11.1 Å². The number of aromatic nitrogens is 2. The maximum Gasteiger partial charge on any atom is 0.419 e. The number of alkyl halides is 3. The summed E-state index contributed by atoms with van der Waals surface area (Å²) in [5, 5.41) is 6.15. The quantitative estimate of drug-likeness (QED) is 0.744. The van der Waals surface area contributed by atoms with Gasteiger partial charge in [-0.15, -0.1) is 0 Å². The third-order valence-corrected chi connectivity index (χ3v) is 2.01. The van der Waals surface area contributed by atoms with Crippen LogP contribution in [0.1, 0.15) is 5.56 Å². The molecule has 1 aromatic rings. The molecule has 2 heterocycles. The zero-order chi connectivity index (χ0) is 11.8. The van der Waals surface area contributed by atoms with Crippen molar-refractivity contribution in [3.8, 4) is 0 Å². The van der Waals surface area contributed by atoms with Crippen molar-refractivity contribution < 1.29 is 13.2 Å². The molecule has 1 aromatic heterocycles. The molecule has 1 aliphatic heterocycles. The minimum Gasteiger partial charge on any atom is -0.336 e. The van der Waals surface area contributed by atoms with E-state index in [2.05, 4.69) is 15.4 Å². The first-order valence-electron chi connectivity index (χ1n) is 4.31. The van der Waals surface area contributed by atoms with Crippen molar-refractivity contribution >= 4 is 6.21 Å². The lowest BCUT2D eigenvalue weighted by Gasteiger charge is -2.26. The van der Waals surface area contributed by atoms with Gasteiger partial charge in [-0.3, -0.25) is 5.73 Å². The number of halogens is 3. The topological polar surface area (TPSA) is 68.2 Å². The van der Waals surface area contributed by atoms with Crippen molar-refractivity contribution in [3.05, 3.63) is 30.2 Å². The summed E-state index contributed by atoms with van der Waals surface area (Å²) < 4.78 is 37.9. The van der Waals surface area contributed by atoms with E-state index in [1.165, 1.54) is 12.4 Å². The van der Waals surface area contributed by atoms with Crippen LogP contribution in [0.5, 0.6) is 0 Å². The van der Waals surface area contributed by atoms with Crippen molar-refractivity contribution in [1.29, 1.82) is 0 Å². The molecule has 2 rings (SSSR count). The van der Waals surface area contributed by atoms with Crippen LogP contribution in [0.4, 0.5) is 13.2 Å². The van der Waals surface area contributed by atoms with Crippen LogP contribution in [0.3, 0.4) is 0 Å². The molecule has 0 aliphatic carbocycles. The van der Waals surface area contributed by atoms with Gasteiger partial charge in [0, 0.05) is 18.6 Å².